The Labute approximate surface area is 138 Å². The Balaban J connectivity index is 1.57. The Morgan fingerprint density at radius 3 is 2.61 bits per heavy atom. The molecule has 2 fully saturated rings. The van der Waals surface area contributed by atoms with Gasteiger partial charge in [0.15, 0.2) is 0 Å². The second kappa shape index (κ2) is 7.32. The maximum Gasteiger partial charge on any atom is 0.239 e. The molecule has 2 N–H and O–H groups in total. The third-order valence-corrected chi connectivity index (χ3v) is 4.29. The SMILES string of the molecule is CC1CN(Cc2ccccc2NCC(=O)NC2CC2)CC(C)O1. The van der Waals surface area contributed by atoms with E-state index in [1.54, 1.807) is 0 Å². The van der Waals surface area contributed by atoms with Gasteiger partial charge in [0.25, 0.3) is 0 Å². The highest BCUT2D eigenvalue weighted by Crippen LogP contribution is 2.21. The summed E-state index contributed by atoms with van der Waals surface area (Å²) < 4.78 is 5.80. The van der Waals surface area contributed by atoms with E-state index in [1.807, 2.05) is 12.1 Å². The number of morpholine rings is 1. The normalized spacial score (nSPS) is 25.1. The summed E-state index contributed by atoms with van der Waals surface area (Å²) in [6.07, 6.45) is 2.78. The molecule has 5 heteroatoms. The summed E-state index contributed by atoms with van der Waals surface area (Å²) in [4.78, 5) is 14.3. The maximum atomic E-state index is 11.9. The quantitative estimate of drug-likeness (QED) is 0.842. The summed E-state index contributed by atoms with van der Waals surface area (Å²) in [5, 5.41) is 6.30. The van der Waals surface area contributed by atoms with Crippen molar-refractivity contribution in [3.63, 3.8) is 0 Å². The van der Waals surface area contributed by atoms with Gasteiger partial charge in [-0.1, -0.05) is 18.2 Å². The summed E-state index contributed by atoms with van der Waals surface area (Å²) in [5.74, 6) is 0.0796. The molecule has 23 heavy (non-hydrogen) atoms. The smallest absolute Gasteiger partial charge is 0.239 e. The molecule has 0 radical (unpaired) electrons. The number of para-hydroxylation sites is 1. The molecule has 2 unspecified atom stereocenters. The van der Waals surface area contributed by atoms with Crippen molar-refractivity contribution >= 4 is 11.6 Å². The molecule has 0 spiro atoms. The average molecular weight is 317 g/mol. The molecule has 1 aliphatic carbocycles. The second-order valence-electron chi connectivity index (χ2n) is 6.80. The highest BCUT2D eigenvalue weighted by atomic mass is 16.5. The molecule has 1 saturated heterocycles. The van der Waals surface area contributed by atoms with Gasteiger partial charge in [0.05, 0.1) is 18.8 Å². The van der Waals surface area contributed by atoms with Gasteiger partial charge in [-0.3, -0.25) is 9.69 Å². The van der Waals surface area contributed by atoms with E-state index in [9.17, 15) is 4.79 Å². The van der Waals surface area contributed by atoms with Crippen LogP contribution in [0.5, 0.6) is 0 Å². The van der Waals surface area contributed by atoms with Gasteiger partial charge in [-0.15, -0.1) is 0 Å². The molecule has 2 aliphatic rings. The van der Waals surface area contributed by atoms with Crippen molar-refractivity contribution in [2.75, 3.05) is 25.0 Å². The summed E-state index contributed by atoms with van der Waals surface area (Å²) >= 11 is 0. The van der Waals surface area contributed by atoms with Gasteiger partial charge in [-0.05, 0) is 38.3 Å². The van der Waals surface area contributed by atoms with Crippen molar-refractivity contribution in [1.29, 1.82) is 0 Å². The molecular formula is C18H27N3O2. The summed E-state index contributed by atoms with van der Waals surface area (Å²) in [6, 6.07) is 8.66. The van der Waals surface area contributed by atoms with Crippen LogP contribution in [0.4, 0.5) is 5.69 Å². The Hall–Kier alpha value is -1.59. The fourth-order valence-corrected chi connectivity index (χ4v) is 3.17. The van der Waals surface area contributed by atoms with Crippen molar-refractivity contribution in [3.05, 3.63) is 29.8 Å². The van der Waals surface area contributed by atoms with Crippen molar-refractivity contribution in [3.8, 4) is 0 Å². The Morgan fingerprint density at radius 2 is 1.91 bits per heavy atom. The van der Waals surface area contributed by atoms with Crippen molar-refractivity contribution < 1.29 is 9.53 Å². The van der Waals surface area contributed by atoms with Crippen LogP contribution < -0.4 is 10.6 Å². The molecule has 1 aromatic rings. The fraction of sp³-hybridized carbons (Fsp3) is 0.611. The lowest BCUT2D eigenvalue weighted by Gasteiger charge is -2.35. The van der Waals surface area contributed by atoms with Crippen molar-refractivity contribution in [2.24, 2.45) is 0 Å². The lowest BCUT2D eigenvalue weighted by Crippen LogP contribution is -2.44. The standard InChI is InChI=1S/C18H27N3O2/c1-13-10-21(11-14(2)23-13)12-15-5-3-4-6-17(15)19-9-18(22)20-16-7-8-16/h3-6,13-14,16,19H,7-12H2,1-2H3,(H,20,22). The first-order valence-electron chi connectivity index (χ1n) is 8.59. The van der Waals surface area contributed by atoms with Gasteiger partial charge < -0.3 is 15.4 Å². The van der Waals surface area contributed by atoms with Crippen LogP contribution in [0, 0.1) is 0 Å². The second-order valence-corrected chi connectivity index (χ2v) is 6.80. The number of ether oxygens (including phenoxy) is 1. The summed E-state index contributed by atoms with van der Waals surface area (Å²) in [7, 11) is 0. The zero-order valence-electron chi connectivity index (χ0n) is 14.0. The molecule has 1 saturated carbocycles. The minimum atomic E-state index is 0.0796. The lowest BCUT2D eigenvalue weighted by molar-refractivity contribution is -0.119. The van der Waals surface area contributed by atoms with E-state index in [2.05, 4.69) is 41.5 Å². The minimum absolute atomic E-state index is 0.0796. The number of nitrogens with one attached hydrogen (secondary N) is 2. The monoisotopic (exact) mass is 317 g/mol. The largest absolute Gasteiger partial charge is 0.376 e. The number of carbonyl (C=O) groups excluding carboxylic acids is 1. The molecule has 5 nitrogen and oxygen atoms in total. The van der Waals surface area contributed by atoms with Crippen molar-refractivity contribution in [2.45, 2.75) is 51.5 Å². The average Bonchev–Trinajstić information content (AvgIpc) is 3.29. The number of hydrogen-bond acceptors (Lipinski definition) is 4. The first-order valence-corrected chi connectivity index (χ1v) is 8.59. The van der Waals surface area contributed by atoms with Crippen LogP contribution in [0.25, 0.3) is 0 Å². The summed E-state index contributed by atoms with van der Waals surface area (Å²) in [6.45, 7) is 7.35. The fourth-order valence-electron chi connectivity index (χ4n) is 3.17. The third-order valence-electron chi connectivity index (χ3n) is 4.29. The van der Waals surface area contributed by atoms with E-state index in [1.165, 1.54) is 5.56 Å². The van der Waals surface area contributed by atoms with Gasteiger partial charge in [0.2, 0.25) is 5.91 Å². The van der Waals surface area contributed by atoms with Crippen LogP contribution in [0.1, 0.15) is 32.3 Å². The molecule has 1 amide bonds. The molecule has 2 atom stereocenters. The number of nitrogens with zero attached hydrogens (tertiary/aromatic N) is 1. The van der Waals surface area contributed by atoms with E-state index in [4.69, 9.17) is 4.74 Å². The van der Waals surface area contributed by atoms with Crippen LogP contribution in [0.3, 0.4) is 0 Å². The minimum Gasteiger partial charge on any atom is -0.376 e. The lowest BCUT2D eigenvalue weighted by atomic mass is 10.1. The van der Waals surface area contributed by atoms with Crippen LogP contribution in [0.15, 0.2) is 24.3 Å². The number of rotatable bonds is 6. The molecule has 1 heterocycles. The van der Waals surface area contributed by atoms with Gasteiger partial charge in [0, 0.05) is 31.4 Å². The first kappa shape index (κ1) is 16.3. The third kappa shape index (κ3) is 4.94. The molecule has 0 bridgehead atoms. The molecule has 0 aromatic heterocycles. The molecule has 1 aromatic carbocycles. The van der Waals surface area contributed by atoms with E-state index in [-0.39, 0.29) is 18.1 Å². The van der Waals surface area contributed by atoms with E-state index in [0.717, 1.165) is 38.2 Å². The van der Waals surface area contributed by atoms with E-state index < -0.39 is 0 Å². The zero-order valence-corrected chi connectivity index (χ0v) is 14.0. The maximum absolute atomic E-state index is 11.9. The highest BCUT2D eigenvalue weighted by molar-refractivity contribution is 5.81. The van der Waals surface area contributed by atoms with E-state index in [0.29, 0.717) is 12.6 Å². The zero-order chi connectivity index (χ0) is 16.2. The topological polar surface area (TPSA) is 53.6 Å². The van der Waals surface area contributed by atoms with Crippen LogP contribution in [0.2, 0.25) is 0 Å². The van der Waals surface area contributed by atoms with Crippen LogP contribution in [-0.4, -0.2) is 48.7 Å². The number of anilines is 1. The van der Waals surface area contributed by atoms with E-state index >= 15 is 0 Å². The summed E-state index contributed by atoms with van der Waals surface area (Å²) in [5.41, 5.74) is 2.28. The number of amides is 1. The van der Waals surface area contributed by atoms with Gasteiger partial charge in [-0.25, -0.2) is 0 Å². The molecule has 126 valence electrons. The number of carbonyl (C=O) groups is 1. The van der Waals surface area contributed by atoms with Gasteiger partial charge >= 0.3 is 0 Å². The Morgan fingerprint density at radius 1 is 1.22 bits per heavy atom. The molecular weight excluding hydrogens is 290 g/mol. The highest BCUT2D eigenvalue weighted by Gasteiger charge is 2.24. The van der Waals surface area contributed by atoms with Crippen LogP contribution in [-0.2, 0) is 16.1 Å². The Kier molecular flexibility index (Phi) is 5.18. The van der Waals surface area contributed by atoms with Gasteiger partial charge in [0.1, 0.15) is 0 Å². The predicted octanol–water partition coefficient (Wildman–Crippen LogP) is 1.99. The predicted molar refractivity (Wildman–Crippen MR) is 91.4 cm³/mol. The molecule has 1 aliphatic heterocycles. The number of hydrogen-bond donors (Lipinski definition) is 2. The first-order chi connectivity index (χ1) is 11.1. The Bertz CT molecular complexity index is 535. The van der Waals surface area contributed by atoms with Crippen molar-refractivity contribution in [1.82, 2.24) is 10.2 Å². The number of benzene rings is 1. The van der Waals surface area contributed by atoms with Gasteiger partial charge in [-0.2, -0.15) is 0 Å². The van der Waals surface area contributed by atoms with Crippen LogP contribution >= 0.6 is 0 Å². The molecule has 3 rings (SSSR count).